The Morgan fingerprint density at radius 1 is 1.42 bits per heavy atom. The first-order chi connectivity index (χ1) is 8.86. The van der Waals surface area contributed by atoms with Gasteiger partial charge in [0.25, 0.3) is 0 Å². The Morgan fingerprint density at radius 2 is 2.11 bits per heavy atom. The first-order valence-corrected chi connectivity index (χ1v) is 7.00. The van der Waals surface area contributed by atoms with Crippen molar-refractivity contribution in [3.8, 4) is 0 Å². The van der Waals surface area contributed by atoms with Crippen LogP contribution in [-0.4, -0.2) is 11.7 Å². The summed E-state index contributed by atoms with van der Waals surface area (Å²) in [6.45, 7) is 6.48. The Bertz CT molecular complexity index is 519. The molecule has 1 N–H and O–H groups in total. The van der Waals surface area contributed by atoms with Crippen molar-refractivity contribution >= 4 is 11.6 Å². The van der Waals surface area contributed by atoms with Gasteiger partial charge in [-0.05, 0) is 48.4 Å². The summed E-state index contributed by atoms with van der Waals surface area (Å²) >= 11 is 5.87. The molecule has 0 aromatic heterocycles. The van der Waals surface area contributed by atoms with E-state index in [2.05, 4.69) is 20.8 Å². The molecular weight excluding hydrogens is 263 g/mol. The number of allylic oxidation sites excluding steroid dienone is 1. The molecule has 0 fully saturated rings. The van der Waals surface area contributed by atoms with Gasteiger partial charge in [0.05, 0.1) is 11.6 Å². The summed E-state index contributed by atoms with van der Waals surface area (Å²) in [6.07, 6.45) is 2.02. The highest BCUT2D eigenvalue weighted by Crippen LogP contribution is 2.46. The maximum absolute atomic E-state index is 13.2. The zero-order chi connectivity index (χ0) is 14.2. The van der Waals surface area contributed by atoms with Crippen molar-refractivity contribution in [2.75, 3.05) is 6.61 Å². The third kappa shape index (κ3) is 2.70. The van der Waals surface area contributed by atoms with E-state index in [9.17, 15) is 9.50 Å². The molecule has 0 radical (unpaired) electrons. The summed E-state index contributed by atoms with van der Waals surface area (Å²) in [6, 6.07) is 4.92. The number of hydrogen-bond donors (Lipinski definition) is 1. The van der Waals surface area contributed by atoms with Crippen LogP contribution in [-0.2, 0) is 0 Å². The lowest BCUT2D eigenvalue weighted by atomic mass is 9.67. The molecule has 0 aliphatic heterocycles. The Labute approximate surface area is 119 Å². The SMILES string of the molecule is CC1=C(CO)C(C)(C)CCC1c1ccc(F)c(Cl)c1. The molecule has 0 saturated carbocycles. The molecule has 1 nitrogen and oxygen atoms in total. The van der Waals surface area contributed by atoms with Crippen LogP contribution in [0.3, 0.4) is 0 Å². The van der Waals surface area contributed by atoms with Gasteiger partial charge in [-0.15, -0.1) is 0 Å². The van der Waals surface area contributed by atoms with Gasteiger partial charge in [-0.2, -0.15) is 0 Å². The lowest BCUT2D eigenvalue weighted by Gasteiger charge is -2.38. The van der Waals surface area contributed by atoms with Gasteiger partial charge in [-0.1, -0.05) is 37.1 Å². The van der Waals surface area contributed by atoms with Crippen molar-refractivity contribution in [3.63, 3.8) is 0 Å². The molecule has 2 rings (SSSR count). The second-order valence-electron chi connectivity index (χ2n) is 5.97. The molecule has 1 aliphatic rings. The van der Waals surface area contributed by atoms with Gasteiger partial charge in [0.2, 0.25) is 0 Å². The quantitative estimate of drug-likeness (QED) is 0.780. The fourth-order valence-corrected chi connectivity index (χ4v) is 3.29. The van der Waals surface area contributed by atoms with E-state index in [1.54, 1.807) is 12.1 Å². The predicted octanol–water partition coefficient (Wildman–Crippen LogP) is 4.69. The highest BCUT2D eigenvalue weighted by molar-refractivity contribution is 6.30. The second kappa shape index (κ2) is 5.26. The topological polar surface area (TPSA) is 20.2 Å². The van der Waals surface area contributed by atoms with Crippen molar-refractivity contribution in [1.82, 2.24) is 0 Å². The van der Waals surface area contributed by atoms with Crippen LogP contribution in [0.2, 0.25) is 5.02 Å². The van der Waals surface area contributed by atoms with E-state index in [4.69, 9.17) is 11.6 Å². The average Bonchev–Trinajstić information content (AvgIpc) is 2.33. The Kier molecular flexibility index (Phi) is 4.03. The maximum atomic E-state index is 13.2. The molecule has 1 aliphatic carbocycles. The minimum Gasteiger partial charge on any atom is -0.392 e. The average molecular weight is 283 g/mol. The van der Waals surface area contributed by atoms with Crippen LogP contribution in [0.1, 0.15) is 45.1 Å². The largest absolute Gasteiger partial charge is 0.392 e. The van der Waals surface area contributed by atoms with E-state index < -0.39 is 0 Å². The van der Waals surface area contributed by atoms with E-state index in [1.165, 1.54) is 11.6 Å². The van der Waals surface area contributed by atoms with Gasteiger partial charge >= 0.3 is 0 Å². The van der Waals surface area contributed by atoms with Crippen molar-refractivity contribution < 1.29 is 9.50 Å². The fraction of sp³-hybridized carbons (Fsp3) is 0.500. The summed E-state index contributed by atoms with van der Waals surface area (Å²) in [7, 11) is 0. The number of aliphatic hydroxyl groups excluding tert-OH is 1. The van der Waals surface area contributed by atoms with Crippen LogP contribution in [0.5, 0.6) is 0 Å². The number of hydrogen-bond acceptors (Lipinski definition) is 1. The minimum absolute atomic E-state index is 0.0408. The van der Waals surface area contributed by atoms with E-state index in [1.807, 2.05) is 0 Å². The van der Waals surface area contributed by atoms with E-state index in [0.717, 1.165) is 24.0 Å². The summed E-state index contributed by atoms with van der Waals surface area (Å²) in [5, 5.41) is 9.78. The maximum Gasteiger partial charge on any atom is 0.141 e. The lowest BCUT2D eigenvalue weighted by Crippen LogP contribution is -2.26. The Morgan fingerprint density at radius 3 is 2.68 bits per heavy atom. The van der Waals surface area contributed by atoms with Crippen molar-refractivity contribution in [2.24, 2.45) is 5.41 Å². The molecule has 104 valence electrons. The summed E-state index contributed by atoms with van der Waals surface area (Å²) in [5.74, 6) is -0.154. The number of halogens is 2. The van der Waals surface area contributed by atoms with Gasteiger partial charge in [-0.3, -0.25) is 0 Å². The molecule has 1 unspecified atom stereocenters. The molecule has 0 heterocycles. The van der Waals surface area contributed by atoms with Gasteiger partial charge in [-0.25, -0.2) is 4.39 Å². The smallest absolute Gasteiger partial charge is 0.141 e. The van der Waals surface area contributed by atoms with E-state index in [-0.39, 0.29) is 28.8 Å². The summed E-state index contributed by atoms with van der Waals surface area (Å²) < 4.78 is 13.2. The predicted molar refractivity (Wildman–Crippen MR) is 77.0 cm³/mol. The van der Waals surface area contributed by atoms with Crippen LogP contribution < -0.4 is 0 Å². The highest BCUT2D eigenvalue weighted by atomic mass is 35.5. The molecule has 0 spiro atoms. The van der Waals surface area contributed by atoms with Crippen LogP contribution in [0.4, 0.5) is 4.39 Å². The molecule has 0 saturated heterocycles. The number of aliphatic hydroxyl groups is 1. The molecule has 0 amide bonds. The number of rotatable bonds is 2. The standard InChI is InChI=1S/C16H20ClFO/c1-10-12(6-7-16(2,3)13(10)9-19)11-4-5-15(18)14(17)8-11/h4-5,8,12,19H,6-7,9H2,1-3H3. The molecular formula is C16H20ClFO. The molecule has 1 aromatic carbocycles. The molecule has 0 bridgehead atoms. The van der Waals surface area contributed by atoms with Gasteiger partial charge in [0, 0.05) is 5.92 Å². The molecule has 1 atom stereocenters. The van der Waals surface area contributed by atoms with Crippen molar-refractivity contribution in [3.05, 3.63) is 45.7 Å². The normalized spacial score (nSPS) is 22.7. The lowest BCUT2D eigenvalue weighted by molar-refractivity contribution is 0.257. The van der Waals surface area contributed by atoms with E-state index in [0.29, 0.717) is 0 Å². The van der Waals surface area contributed by atoms with Gasteiger partial charge < -0.3 is 5.11 Å². The monoisotopic (exact) mass is 282 g/mol. The Balaban J connectivity index is 2.43. The Hall–Kier alpha value is -0.860. The first-order valence-electron chi connectivity index (χ1n) is 6.62. The zero-order valence-corrected chi connectivity index (χ0v) is 12.4. The van der Waals surface area contributed by atoms with E-state index >= 15 is 0 Å². The van der Waals surface area contributed by atoms with Crippen LogP contribution in [0.25, 0.3) is 0 Å². The molecule has 3 heteroatoms. The van der Waals surface area contributed by atoms with Crippen molar-refractivity contribution in [1.29, 1.82) is 0 Å². The second-order valence-corrected chi connectivity index (χ2v) is 6.38. The minimum atomic E-state index is -0.384. The third-order valence-electron chi connectivity index (χ3n) is 4.38. The summed E-state index contributed by atoms with van der Waals surface area (Å²) in [4.78, 5) is 0. The first kappa shape index (κ1) is 14.5. The summed E-state index contributed by atoms with van der Waals surface area (Å²) in [5.41, 5.74) is 3.37. The molecule has 1 aromatic rings. The van der Waals surface area contributed by atoms with Crippen molar-refractivity contribution in [2.45, 2.75) is 39.5 Å². The number of benzene rings is 1. The van der Waals surface area contributed by atoms with Crippen LogP contribution in [0.15, 0.2) is 29.3 Å². The van der Waals surface area contributed by atoms with Crippen LogP contribution >= 0.6 is 11.6 Å². The zero-order valence-electron chi connectivity index (χ0n) is 11.6. The van der Waals surface area contributed by atoms with Gasteiger partial charge in [0.15, 0.2) is 0 Å². The third-order valence-corrected chi connectivity index (χ3v) is 4.67. The van der Waals surface area contributed by atoms with Gasteiger partial charge in [0.1, 0.15) is 5.82 Å². The molecule has 19 heavy (non-hydrogen) atoms. The highest BCUT2D eigenvalue weighted by Gasteiger charge is 2.33. The fourth-order valence-electron chi connectivity index (χ4n) is 3.10. The van der Waals surface area contributed by atoms with Crippen LogP contribution in [0, 0.1) is 11.2 Å².